The maximum Gasteiger partial charge on any atom is 0.434 e. The monoisotopic (exact) mass is 590 g/mol. The van der Waals surface area contributed by atoms with Crippen LogP contribution in [-0.4, -0.2) is 30.2 Å². The molecule has 218 valence electrons. The van der Waals surface area contributed by atoms with E-state index < -0.39 is 40.5 Å². The van der Waals surface area contributed by atoms with Crippen molar-refractivity contribution >= 4 is 27.8 Å². The van der Waals surface area contributed by atoms with Gasteiger partial charge in [-0.25, -0.2) is 18.9 Å². The van der Waals surface area contributed by atoms with Crippen LogP contribution in [0.1, 0.15) is 35.9 Å². The molecule has 0 radical (unpaired) electrons. The van der Waals surface area contributed by atoms with Gasteiger partial charge in [-0.3, -0.25) is 14.3 Å². The van der Waals surface area contributed by atoms with Crippen LogP contribution in [0.2, 0.25) is 0 Å². The van der Waals surface area contributed by atoms with E-state index in [2.05, 4.69) is 15.1 Å². The highest BCUT2D eigenvalue weighted by Crippen LogP contribution is 2.40. The molecule has 0 unspecified atom stereocenters. The largest absolute Gasteiger partial charge is 0.452 e. The number of aromatic nitrogens is 5. The summed E-state index contributed by atoms with van der Waals surface area (Å²) in [7, 11) is 0. The Labute approximate surface area is 240 Å². The number of hydrogen-bond acceptors (Lipinski definition) is 5. The van der Waals surface area contributed by atoms with Gasteiger partial charge in [0.05, 0.1) is 11.3 Å². The summed E-state index contributed by atoms with van der Waals surface area (Å²) in [5.41, 5.74) is 2.77. The Kier molecular flexibility index (Phi) is 6.52. The number of imidazole rings is 1. The number of amides is 1. The zero-order valence-corrected chi connectivity index (χ0v) is 22.6. The predicted molar refractivity (Wildman–Crippen MR) is 151 cm³/mol. The number of hydrogen-bond donors (Lipinski definition) is 2. The summed E-state index contributed by atoms with van der Waals surface area (Å²) in [6.45, 7) is 3.56. The van der Waals surface area contributed by atoms with Gasteiger partial charge in [0.2, 0.25) is 0 Å². The zero-order valence-electron chi connectivity index (χ0n) is 22.6. The van der Waals surface area contributed by atoms with E-state index in [1.807, 2.05) is 0 Å². The topological polar surface area (TPSA) is 121 Å². The summed E-state index contributed by atoms with van der Waals surface area (Å²) in [6.07, 6.45) is -3.66. The molecule has 13 heteroatoms. The number of carbonyl (C=O) groups excluding carboxylic acids is 1. The van der Waals surface area contributed by atoms with Crippen molar-refractivity contribution in [1.82, 2.24) is 24.3 Å². The van der Waals surface area contributed by atoms with Crippen LogP contribution >= 0.6 is 0 Å². The van der Waals surface area contributed by atoms with Crippen LogP contribution in [-0.2, 0) is 6.18 Å². The number of halogens is 4. The van der Waals surface area contributed by atoms with Crippen LogP contribution < -0.4 is 16.2 Å². The van der Waals surface area contributed by atoms with Gasteiger partial charge in [0.1, 0.15) is 11.2 Å². The Bertz CT molecular complexity index is 2100. The minimum atomic E-state index is -5.04. The molecule has 0 atom stereocenters. The molecule has 3 N–H and O–H groups in total. The van der Waals surface area contributed by atoms with E-state index in [1.54, 1.807) is 50.2 Å². The Morgan fingerprint density at radius 3 is 2.47 bits per heavy atom. The quantitative estimate of drug-likeness (QED) is 0.219. The molecule has 0 aliphatic carbocycles. The number of alkyl halides is 3. The molecule has 0 spiro atoms. The van der Waals surface area contributed by atoms with Gasteiger partial charge in [-0.2, -0.15) is 18.3 Å². The third kappa shape index (κ3) is 4.68. The molecule has 43 heavy (non-hydrogen) atoms. The number of ether oxygens (including phenoxy) is 1. The molecule has 0 aliphatic rings. The molecule has 3 heterocycles. The number of pyridine rings is 1. The molecule has 1 amide bonds. The van der Waals surface area contributed by atoms with E-state index >= 15 is 4.39 Å². The van der Waals surface area contributed by atoms with Gasteiger partial charge in [0, 0.05) is 29.3 Å². The predicted octanol–water partition coefficient (Wildman–Crippen LogP) is 6.36. The molecule has 9 nitrogen and oxygen atoms in total. The fourth-order valence-electron chi connectivity index (χ4n) is 5.13. The smallest absolute Gasteiger partial charge is 0.434 e. The first-order chi connectivity index (χ1) is 20.5. The minimum absolute atomic E-state index is 0.0593. The molecule has 0 saturated heterocycles. The Hall–Kier alpha value is -5.46. The molecular weight excluding hydrogens is 568 g/mol. The van der Waals surface area contributed by atoms with Gasteiger partial charge >= 0.3 is 11.9 Å². The van der Waals surface area contributed by atoms with Crippen molar-refractivity contribution in [2.24, 2.45) is 5.73 Å². The lowest BCUT2D eigenvalue weighted by Crippen LogP contribution is -2.21. The number of aromatic amines is 1. The highest BCUT2D eigenvalue weighted by molar-refractivity contribution is 6.01. The van der Waals surface area contributed by atoms with E-state index in [4.69, 9.17) is 10.5 Å². The van der Waals surface area contributed by atoms with E-state index in [0.29, 0.717) is 21.0 Å². The summed E-state index contributed by atoms with van der Waals surface area (Å²) in [6, 6.07) is 16.0. The van der Waals surface area contributed by atoms with Crippen molar-refractivity contribution in [3.05, 3.63) is 100 Å². The summed E-state index contributed by atoms with van der Waals surface area (Å²) < 4.78 is 66.8. The molecule has 6 rings (SSSR count). The maximum atomic E-state index is 15.5. The summed E-state index contributed by atoms with van der Waals surface area (Å²) >= 11 is 0. The third-order valence-electron chi connectivity index (χ3n) is 6.91. The van der Waals surface area contributed by atoms with Gasteiger partial charge in [-0.05, 0) is 43.5 Å². The molecule has 3 aromatic heterocycles. The third-order valence-corrected chi connectivity index (χ3v) is 6.91. The number of carbonyl (C=O) groups is 1. The lowest BCUT2D eigenvalue weighted by atomic mass is 10.0. The number of rotatable bonds is 6. The van der Waals surface area contributed by atoms with E-state index in [1.165, 1.54) is 35.0 Å². The van der Waals surface area contributed by atoms with Crippen molar-refractivity contribution in [3.8, 4) is 28.4 Å². The molecule has 3 aromatic carbocycles. The van der Waals surface area contributed by atoms with Crippen molar-refractivity contribution < 1.29 is 27.1 Å². The summed E-state index contributed by atoms with van der Waals surface area (Å²) in [4.78, 5) is 31.7. The Balaban J connectivity index is 1.50. The highest BCUT2D eigenvalue weighted by atomic mass is 19.4. The lowest BCUT2D eigenvalue weighted by Gasteiger charge is -2.13. The number of benzene rings is 3. The summed E-state index contributed by atoms with van der Waals surface area (Å²) in [5, 5.41) is 5.25. The normalized spacial score (nSPS) is 12.0. The first-order valence-electron chi connectivity index (χ1n) is 13.0. The molecule has 0 fully saturated rings. The molecular formula is C30H22F4N6O3. The Morgan fingerprint density at radius 2 is 1.77 bits per heavy atom. The lowest BCUT2D eigenvalue weighted by molar-refractivity contribution is -0.143. The minimum Gasteiger partial charge on any atom is -0.452 e. The number of nitrogens with two attached hydrogens (primary N) is 1. The molecule has 0 saturated carbocycles. The summed E-state index contributed by atoms with van der Waals surface area (Å²) in [5.74, 6) is -2.50. The van der Waals surface area contributed by atoms with Gasteiger partial charge in [-0.1, -0.05) is 36.4 Å². The second-order valence-electron chi connectivity index (χ2n) is 9.99. The van der Waals surface area contributed by atoms with E-state index in [-0.39, 0.29) is 34.4 Å². The van der Waals surface area contributed by atoms with Gasteiger partial charge in [0.25, 0.3) is 5.91 Å². The number of nitrogens with zero attached hydrogens (tertiary/aromatic N) is 4. The highest BCUT2D eigenvalue weighted by Gasteiger charge is 2.42. The van der Waals surface area contributed by atoms with Crippen molar-refractivity contribution in [2.75, 3.05) is 0 Å². The molecule has 0 aliphatic heterocycles. The fourth-order valence-corrected chi connectivity index (χ4v) is 5.13. The van der Waals surface area contributed by atoms with Crippen LogP contribution in [0.15, 0.2) is 77.7 Å². The van der Waals surface area contributed by atoms with Crippen LogP contribution in [0.25, 0.3) is 38.9 Å². The number of H-pyrrole nitrogens is 1. The average Bonchev–Trinajstić information content (AvgIpc) is 3.53. The first kappa shape index (κ1) is 27.7. The zero-order chi connectivity index (χ0) is 30.6. The Morgan fingerprint density at radius 1 is 1.02 bits per heavy atom. The van der Waals surface area contributed by atoms with Gasteiger partial charge in [-0.15, -0.1) is 0 Å². The average molecular weight is 591 g/mol. The SMILES string of the molecule is CC(C)n1c(=O)[nH]c2nccc(Oc3ccc(-c4nn(-c5cccc6ccccc56)c(C(F)(F)F)c4C(N)=O)cc3F)c21. The maximum absolute atomic E-state index is 15.5. The van der Waals surface area contributed by atoms with E-state index in [9.17, 15) is 22.8 Å². The van der Waals surface area contributed by atoms with Gasteiger partial charge in [0.15, 0.2) is 28.7 Å². The first-order valence-corrected chi connectivity index (χ1v) is 13.0. The van der Waals surface area contributed by atoms with Crippen molar-refractivity contribution in [1.29, 1.82) is 0 Å². The second-order valence-corrected chi connectivity index (χ2v) is 9.99. The van der Waals surface area contributed by atoms with Crippen molar-refractivity contribution in [2.45, 2.75) is 26.1 Å². The fraction of sp³-hybridized carbons (Fsp3) is 0.133. The molecule has 0 bridgehead atoms. The standard InChI is InChI=1S/C30H22F4N6O3/c1-15(2)39-25-22(12-13-36-28(25)37-29(39)42)43-21-11-10-17(14-19(21)31)24-23(27(35)41)26(30(32,33)34)40(38-24)20-9-5-7-16-6-3-4-8-18(16)20/h3-15H,1-2H3,(H2,35,41)(H,36,37,42). The number of primary amides is 1. The van der Waals surface area contributed by atoms with Crippen LogP contribution in [0.4, 0.5) is 17.6 Å². The van der Waals surface area contributed by atoms with Crippen LogP contribution in [0.5, 0.6) is 11.5 Å². The second kappa shape index (κ2) is 10.1. The molecule has 6 aromatic rings. The van der Waals surface area contributed by atoms with Crippen LogP contribution in [0.3, 0.4) is 0 Å². The van der Waals surface area contributed by atoms with Gasteiger partial charge < -0.3 is 10.5 Å². The van der Waals surface area contributed by atoms with E-state index in [0.717, 1.165) is 6.07 Å². The number of fused-ring (bicyclic) bond motifs is 2. The van der Waals surface area contributed by atoms with Crippen LogP contribution in [0, 0.1) is 5.82 Å². The number of nitrogens with one attached hydrogen (secondary N) is 1. The van der Waals surface area contributed by atoms with Crippen molar-refractivity contribution in [3.63, 3.8) is 0 Å².